The summed E-state index contributed by atoms with van der Waals surface area (Å²) in [7, 11) is 0. The Balaban J connectivity index is 2.38. The van der Waals surface area contributed by atoms with E-state index in [9.17, 15) is 9.59 Å². The molecule has 0 aliphatic carbocycles. The molecular formula is C18H29N3O2. The number of amides is 2. The Morgan fingerprint density at radius 2 is 1.83 bits per heavy atom. The summed E-state index contributed by atoms with van der Waals surface area (Å²) >= 11 is 0. The third-order valence-electron chi connectivity index (χ3n) is 3.40. The zero-order valence-electron chi connectivity index (χ0n) is 14.7. The van der Waals surface area contributed by atoms with Crippen LogP contribution in [-0.4, -0.2) is 24.9 Å². The minimum Gasteiger partial charge on any atom is -0.356 e. The Kier molecular flexibility index (Phi) is 7.75. The van der Waals surface area contributed by atoms with Gasteiger partial charge in [0.25, 0.3) is 0 Å². The number of carbonyl (C=O) groups excluding carboxylic acids is 2. The Morgan fingerprint density at radius 3 is 2.48 bits per heavy atom. The zero-order chi connectivity index (χ0) is 17.3. The van der Waals surface area contributed by atoms with Gasteiger partial charge >= 0.3 is 0 Å². The third kappa shape index (κ3) is 7.28. The molecule has 0 bridgehead atoms. The van der Waals surface area contributed by atoms with Crippen LogP contribution < -0.4 is 16.0 Å². The molecule has 1 aromatic carbocycles. The highest BCUT2D eigenvalue weighted by Gasteiger charge is 2.20. The van der Waals surface area contributed by atoms with Crippen LogP contribution in [0.1, 0.15) is 46.1 Å². The van der Waals surface area contributed by atoms with Gasteiger partial charge in [-0.1, -0.05) is 45.9 Å². The van der Waals surface area contributed by atoms with Crippen molar-refractivity contribution in [3.05, 3.63) is 29.8 Å². The molecule has 0 aliphatic rings. The van der Waals surface area contributed by atoms with Gasteiger partial charge in [-0.3, -0.25) is 9.59 Å². The average molecular weight is 319 g/mol. The van der Waals surface area contributed by atoms with Crippen molar-refractivity contribution >= 4 is 17.5 Å². The molecule has 0 spiro atoms. The molecule has 0 heterocycles. The lowest BCUT2D eigenvalue weighted by atomic mass is 9.96. The molecule has 1 rings (SSSR count). The lowest BCUT2D eigenvalue weighted by molar-refractivity contribution is -0.128. The number of hydrogen-bond donors (Lipinski definition) is 3. The molecule has 5 nitrogen and oxygen atoms in total. The van der Waals surface area contributed by atoms with E-state index < -0.39 is 5.41 Å². The van der Waals surface area contributed by atoms with Crippen molar-refractivity contribution in [3.63, 3.8) is 0 Å². The number of benzene rings is 1. The normalized spacial score (nSPS) is 11.1. The van der Waals surface area contributed by atoms with Crippen LogP contribution in [0, 0.1) is 5.41 Å². The zero-order valence-corrected chi connectivity index (χ0v) is 14.7. The van der Waals surface area contributed by atoms with Gasteiger partial charge in [0.05, 0.1) is 0 Å². The number of carbonyl (C=O) groups is 2. The first kappa shape index (κ1) is 19.2. The molecule has 0 saturated heterocycles. The first-order valence-corrected chi connectivity index (χ1v) is 8.21. The molecule has 0 radical (unpaired) electrons. The van der Waals surface area contributed by atoms with Gasteiger partial charge in [-0.15, -0.1) is 0 Å². The van der Waals surface area contributed by atoms with E-state index in [4.69, 9.17) is 0 Å². The second-order valence-electron chi connectivity index (χ2n) is 6.60. The van der Waals surface area contributed by atoms with E-state index in [1.54, 1.807) is 0 Å². The smallest absolute Gasteiger partial charge is 0.225 e. The summed E-state index contributed by atoms with van der Waals surface area (Å²) in [6, 6.07) is 7.78. The maximum absolute atomic E-state index is 12.0. The van der Waals surface area contributed by atoms with Crippen LogP contribution in [0.25, 0.3) is 0 Å². The summed E-state index contributed by atoms with van der Waals surface area (Å²) in [6.45, 7) is 9.79. The first-order chi connectivity index (χ1) is 10.8. The molecule has 1 aromatic rings. The van der Waals surface area contributed by atoms with Crippen molar-refractivity contribution in [2.24, 2.45) is 5.41 Å². The van der Waals surface area contributed by atoms with Crippen LogP contribution in [0.4, 0.5) is 5.69 Å². The van der Waals surface area contributed by atoms with Gasteiger partial charge in [-0.25, -0.2) is 0 Å². The van der Waals surface area contributed by atoms with Crippen molar-refractivity contribution in [1.29, 1.82) is 0 Å². The SMILES string of the molecule is CCNCc1ccccc1NC(=O)CCCNC(=O)C(C)(C)C. The molecule has 2 amide bonds. The van der Waals surface area contributed by atoms with Crippen LogP contribution in [0.5, 0.6) is 0 Å². The van der Waals surface area contributed by atoms with Gasteiger partial charge in [0.15, 0.2) is 0 Å². The van der Waals surface area contributed by atoms with E-state index in [1.807, 2.05) is 52.0 Å². The van der Waals surface area contributed by atoms with Gasteiger partial charge in [0, 0.05) is 30.6 Å². The summed E-state index contributed by atoms with van der Waals surface area (Å²) in [5, 5.41) is 9.06. The average Bonchev–Trinajstić information content (AvgIpc) is 2.49. The van der Waals surface area contributed by atoms with E-state index in [-0.39, 0.29) is 11.8 Å². The molecule has 0 saturated carbocycles. The van der Waals surface area contributed by atoms with Gasteiger partial charge in [0.1, 0.15) is 0 Å². The fourth-order valence-corrected chi connectivity index (χ4v) is 1.98. The topological polar surface area (TPSA) is 70.2 Å². The van der Waals surface area contributed by atoms with Gasteiger partial charge in [0.2, 0.25) is 11.8 Å². The van der Waals surface area contributed by atoms with Gasteiger partial charge in [-0.2, -0.15) is 0 Å². The van der Waals surface area contributed by atoms with Crippen LogP contribution in [0.2, 0.25) is 0 Å². The number of anilines is 1. The quantitative estimate of drug-likeness (QED) is 0.645. The molecule has 0 aliphatic heterocycles. The maximum Gasteiger partial charge on any atom is 0.225 e. The van der Waals surface area contributed by atoms with E-state index >= 15 is 0 Å². The highest BCUT2D eigenvalue weighted by molar-refractivity contribution is 5.91. The van der Waals surface area contributed by atoms with Gasteiger partial charge < -0.3 is 16.0 Å². The second kappa shape index (κ2) is 9.30. The Morgan fingerprint density at radius 1 is 1.13 bits per heavy atom. The molecule has 5 heteroatoms. The van der Waals surface area contributed by atoms with Crippen molar-refractivity contribution in [2.75, 3.05) is 18.4 Å². The molecule has 128 valence electrons. The Hall–Kier alpha value is -1.88. The van der Waals surface area contributed by atoms with E-state index in [2.05, 4.69) is 16.0 Å². The molecule has 0 unspecified atom stereocenters. The molecular weight excluding hydrogens is 290 g/mol. The Labute approximate surface area is 139 Å². The molecule has 0 fully saturated rings. The van der Waals surface area contributed by atoms with E-state index in [1.165, 1.54) is 0 Å². The third-order valence-corrected chi connectivity index (χ3v) is 3.40. The Bertz CT molecular complexity index is 521. The second-order valence-corrected chi connectivity index (χ2v) is 6.60. The molecule has 3 N–H and O–H groups in total. The van der Waals surface area contributed by atoms with Crippen molar-refractivity contribution in [1.82, 2.24) is 10.6 Å². The first-order valence-electron chi connectivity index (χ1n) is 8.21. The molecule has 0 aromatic heterocycles. The largest absolute Gasteiger partial charge is 0.356 e. The van der Waals surface area contributed by atoms with E-state index in [0.717, 1.165) is 24.3 Å². The number of rotatable bonds is 8. The lowest BCUT2D eigenvalue weighted by Gasteiger charge is -2.17. The number of hydrogen-bond acceptors (Lipinski definition) is 3. The predicted octanol–water partition coefficient (Wildman–Crippen LogP) is 2.68. The van der Waals surface area contributed by atoms with Crippen LogP contribution in [0.15, 0.2) is 24.3 Å². The van der Waals surface area contributed by atoms with Crippen molar-refractivity contribution in [3.8, 4) is 0 Å². The fraction of sp³-hybridized carbons (Fsp3) is 0.556. The number of para-hydroxylation sites is 1. The van der Waals surface area contributed by atoms with Crippen molar-refractivity contribution in [2.45, 2.75) is 47.1 Å². The highest BCUT2D eigenvalue weighted by Crippen LogP contribution is 2.15. The summed E-state index contributed by atoms with van der Waals surface area (Å²) < 4.78 is 0. The summed E-state index contributed by atoms with van der Waals surface area (Å²) in [6.07, 6.45) is 1.02. The monoisotopic (exact) mass is 319 g/mol. The minimum atomic E-state index is -0.395. The summed E-state index contributed by atoms with van der Waals surface area (Å²) in [5.41, 5.74) is 1.52. The fourth-order valence-electron chi connectivity index (χ4n) is 1.98. The van der Waals surface area contributed by atoms with Gasteiger partial charge in [-0.05, 0) is 24.6 Å². The summed E-state index contributed by atoms with van der Waals surface area (Å²) in [4.78, 5) is 23.8. The van der Waals surface area contributed by atoms with Crippen molar-refractivity contribution < 1.29 is 9.59 Å². The van der Waals surface area contributed by atoms with Crippen LogP contribution >= 0.6 is 0 Å². The number of nitrogens with one attached hydrogen (secondary N) is 3. The predicted molar refractivity (Wildman–Crippen MR) is 94.2 cm³/mol. The standard InChI is InChI=1S/C18H29N3O2/c1-5-19-13-14-9-6-7-10-15(14)21-16(22)11-8-12-20-17(23)18(2,3)4/h6-7,9-10,19H,5,8,11-13H2,1-4H3,(H,20,23)(H,21,22). The minimum absolute atomic E-state index is 0.00823. The van der Waals surface area contributed by atoms with E-state index in [0.29, 0.717) is 19.4 Å². The molecule has 23 heavy (non-hydrogen) atoms. The lowest BCUT2D eigenvalue weighted by Crippen LogP contribution is -2.35. The van der Waals surface area contributed by atoms with Crippen LogP contribution in [-0.2, 0) is 16.1 Å². The van der Waals surface area contributed by atoms with Crippen LogP contribution in [0.3, 0.4) is 0 Å². The maximum atomic E-state index is 12.0. The summed E-state index contributed by atoms with van der Waals surface area (Å²) in [5.74, 6) is -0.0205. The highest BCUT2D eigenvalue weighted by atomic mass is 16.2. The molecule has 0 atom stereocenters.